The van der Waals surface area contributed by atoms with Crippen LogP contribution in [0.5, 0.6) is 0 Å². The van der Waals surface area contributed by atoms with Crippen LogP contribution in [0.3, 0.4) is 0 Å². The molecule has 1 spiro atoms. The van der Waals surface area contributed by atoms with E-state index in [2.05, 4.69) is 36.4 Å². The molecule has 1 saturated heterocycles. The Hall–Kier alpha value is -3.41. The first-order chi connectivity index (χ1) is 15.9. The van der Waals surface area contributed by atoms with Crippen LogP contribution >= 0.6 is 0 Å². The number of nitrogens with zero attached hydrogens (tertiary/aromatic N) is 3. The van der Waals surface area contributed by atoms with Crippen LogP contribution in [0.1, 0.15) is 59.9 Å². The largest absolute Gasteiger partial charge is 0.333 e. The number of hydrogen-bond acceptors (Lipinski definition) is 3. The number of nitrogens with one attached hydrogen (secondary N) is 1. The molecule has 5 rings (SSSR count). The molecule has 0 bridgehead atoms. The van der Waals surface area contributed by atoms with Crippen molar-refractivity contribution < 1.29 is 9.59 Å². The minimum absolute atomic E-state index is 0.00457. The van der Waals surface area contributed by atoms with Gasteiger partial charge in [0.15, 0.2) is 0 Å². The van der Waals surface area contributed by atoms with Gasteiger partial charge in [0.05, 0.1) is 17.2 Å². The zero-order valence-electron chi connectivity index (χ0n) is 19.4. The molecule has 0 radical (unpaired) electrons. The fourth-order valence-corrected chi connectivity index (χ4v) is 5.51. The molecule has 1 fully saturated rings. The van der Waals surface area contributed by atoms with E-state index in [9.17, 15) is 9.59 Å². The summed E-state index contributed by atoms with van der Waals surface area (Å²) in [5.41, 5.74) is 3.84. The van der Waals surface area contributed by atoms with Gasteiger partial charge in [0.2, 0.25) is 5.91 Å². The van der Waals surface area contributed by atoms with E-state index in [1.165, 1.54) is 5.56 Å². The summed E-state index contributed by atoms with van der Waals surface area (Å²) in [5.74, 6) is 0.193. The second-order valence-electron chi connectivity index (χ2n) is 9.49. The smallest absolute Gasteiger partial charge is 0.272 e. The number of carbonyl (C=O) groups is 2. The van der Waals surface area contributed by atoms with E-state index in [4.69, 9.17) is 0 Å². The van der Waals surface area contributed by atoms with E-state index < -0.39 is 5.41 Å². The maximum atomic E-state index is 13.8. The third-order valence-electron chi connectivity index (χ3n) is 7.27. The summed E-state index contributed by atoms with van der Waals surface area (Å²) < 4.78 is 1.68. The van der Waals surface area contributed by atoms with Gasteiger partial charge in [0.25, 0.3) is 5.91 Å². The predicted octanol–water partition coefficient (Wildman–Crippen LogP) is 4.28. The van der Waals surface area contributed by atoms with Crippen molar-refractivity contribution in [3.63, 3.8) is 0 Å². The minimum Gasteiger partial charge on any atom is -0.333 e. The van der Waals surface area contributed by atoms with E-state index in [-0.39, 0.29) is 23.8 Å². The SMILES string of the molecule is CC(C)c1cc(C(=O)N2CC[C@]3(C(=O)Nc4ccccc43)[C@@H]2CCc2ccccc2)n(C)n1. The van der Waals surface area contributed by atoms with Gasteiger partial charge in [-0.1, -0.05) is 62.4 Å². The van der Waals surface area contributed by atoms with E-state index in [0.717, 1.165) is 23.4 Å². The molecule has 0 unspecified atom stereocenters. The number of aromatic nitrogens is 2. The van der Waals surface area contributed by atoms with Crippen LogP contribution in [-0.2, 0) is 23.7 Å². The molecule has 2 amide bonds. The molecular formula is C27H30N4O2. The van der Waals surface area contributed by atoms with Crippen LogP contribution in [0.4, 0.5) is 5.69 Å². The lowest BCUT2D eigenvalue weighted by atomic mass is 9.73. The molecule has 1 N–H and O–H groups in total. The number of benzene rings is 2. The summed E-state index contributed by atoms with van der Waals surface area (Å²) in [4.78, 5) is 29.2. The number of para-hydroxylation sites is 1. The monoisotopic (exact) mass is 442 g/mol. The van der Waals surface area contributed by atoms with Crippen LogP contribution in [-0.4, -0.2) is 39.1 Å². The first-order valence-electron chi connectivity index (χ1n) is 11.7. The topological polar surface area (TPSA) is 67.2 Å². The first-order valence-corrected chi connectivity index (χ1v) is 11.7. The van der Waals surface area contributed by atoms with Crippen molar-refractivity contribution in [2.75, 3.05) is 11.9 Å². The molecule has 6 heteroatoms. The van der Waals surface area contributed by atoms with Crippen molar-refractivity contribution in [1.29, 1.82) is 0 Å². The van der Waals surface area contributed by atoms with Gasteiger partial charge in [0.1, 0.15) is 5.69 Å². The summed E-state index contributed by atoms with van der Waals surface area (Å²) in [6, 6.07) is 19.9. The Balaban J connectivity index is 1.54. The minimum atomic E-state index is -0.722. The molecule has 2 aliphatic rings. The highest BCUT2D eigenvalue weighted by Crippen LogP contribution is 2.49. The molecule has 1 aromatic heterocycles. The van der Waals surface area contributed by atoms with Gasteiger partial charge >= 0.3 is 0 Å². The third-order valence-corrected chi connectivity index (χ3v) is 7.27. The van der Waals surface area contributed by atoms with Gasteiger partial charge in [-0.2, -0.15) is 5.10 Å². The Morgan fingerprint density at radius 1 is 1.15 bits per heavy atom. The van der Waals surface area contributed by atoms with Crippen molar-refractivity contribution >= 4 is 17.5 Å². The quantitative estimate of drug-likeness (QED) is 0.641. The number of fused-ring (bicyclic) bond motifs is 2. The van der Waals surface area contributed by atoms with Crippen molar-refractivity contribution in [1.82, 2.24) is 14.7 Å². The van der Waals surface area contributed by atoms with Gasteiger partial charge < -0.3 is 10.2 Å². The van der Waals surface area contributed by atoms with E-state index >= 15 is 0 Å². The molecular weight excluding hydrogens is 412 g/mol. The van der Waals surface area contributed by atoms with Crippen molar-refractivity contribution in [3.8, 4) is 0 Å². The molecule has 3 heterocycles. The van der Waals surface area contributed by atoms with Gasteiger partial charge in [-0.3, -0.25) is 14.3 Å². The van der Waals surface area contributed by atoms with Gasteiger partial charge in [0, 0.05) is 19.3 Å². The first kappa shape index (κ1) is 21.4. The number of likely N-dealkylation sites (tertiary alicyclic amines) is 1. The van der Waals surface area contributed by atoms with Crippen molar-refractivity contribution in [2.45, 2.75) is 50.5 Å². The van der Waals surface area contributed by atoms with Crippen molar-refractivity contribution in [2.24, 2.45) is 7.05 Å². The standard InChI is InChI=1S/C27H30N4O2/c1-18(2)22-17-23(30(3)29-22)25(32)31-16-15-27(20-11-7-8-12-21(20)28-26(27)33)24(31)14-13-19-9-5-4-6-10-19/h4-12,17-18,24H,13-16H2,1-3H3,(H,28,33)/t24-,27+/m0/s1. The second kappa shape index (κ2) is 8.18. The lowest BCUT2D eigenvalue weighted by molar-refractivity contribution is -0.121. The number of aryl methyl sites for hydroxylation is 2. The normalized spacial score (nSPS) is 21.6. The maximum absolute atomic E-state index is 13.8. The lowest BCUT2D eigenvalue weighted by Crippen LogP contribution is -2.49. The average Bonchev–Trinajstić information content (AvgIpc) is 3.48. The zero-order valence-corrected chi connectivity index (χ0v) is 19.4. The van der Waals surface area contributed by atoms with Crippen LogP contribution in [0, 0.1) is 0 Å². The number of amides is 2. The van der Waals surface area contributed by atoms with Crippen LogP contribution < -0.4 is 5.32 Å². The Bertz CT molecular complexity index is 1200. The maximum Gasteiger partial charge on any atom is 0.272 e. The highest BCUT2D eigenvalue weighted by molar-refractivity contribution is 6.08. The summed E-state index contributed by atoms with van der Waals surface area (Å²) in [6.07, 6.45) is 2.14. The fourth-order valence-electron chi connectivity index (χ4n) is 5.51. The average molecular weight is 443 g/mol. The van der Waals surface area contributed by atoms with E-state index in [0.29, 0.717) is 25.1 Å². The fraction of sp³-hybridized carbons (Fsp3) is 0.370. The molecule has 0 aliphatic carbocycles. The number of anilines is 1. The van der Waals surface area contributed by atoms with Gasteiger partial charge in [-0.15, -0.1) is 0 Å². The molecule has 33 heavy (non-hydrogen) atoms. The van der Waals surface area contributed by atoms with E-state index in [1.54, 1.807) is 4.68 Å². The van der Waals surface area contributed by atoms with Crippen LogP contribution in [0.2, 0.25) is 0 Å². The highest BCUT2D eigenvalue weighted by Gasteiger charge is 2.58. The van der Waals surface area contributed by atoms with Gasteiger partial charge in [-0.05, 0) is 48.4 Å². The van der Waals surface area contributed by atoms with Crippen LogP contribution in [0.25, 0.3) is 0 Å². The number of rotatable bonds is 5. The number of carbonyl (C=O) groups excluding carboxylic acids is 2. The summed E-state index contributed by atoms with van der Waals surface area (Å²) in [7, 11) is 1.82. The second-order valence-corrected chi connectivity index (χ2v) is 9.49. The lowest BCUT2D eigenvalue weighted by Gasteiger charge is -2.34. The van der Waals surface area contributed by atoms with Crippen LogP contribution in [0.15, 0.2) is 60.7 Å². The molecule has 2 aliphatic heterocycles. The van der Waals surface area contributed by atoms with E-state index in [1.807, 2.05) is 60.5 Å². The Labute approximate surface area is 194 Å². The summed E-state index contributed by atoms with van der Waals surface area (Å²) in [6.45, 7) is 4.69. The highest BCUT2D eigenvalue weighted by atomic mass is 16.2. The molecule has 2 aromatic carbocycles. The third kappa shape index (κ3) is 3.45. The summed E-state index contributed by atoms with van der Waals surface area (Å²) >= 11 is 0. The Morgan fingerprint density at radius 2 is 1.88 bits per heavy atom. The molecule has 2 atom stereocenters. The Morgan fingerprint density at radius 3 is 2.61 bits per heavy atom. The number of hydrogen-bond donors (Lipinski definition) is 1. The van der Waals surface area contributed by atoms with Gasteiger partial charge in [-0.25, -0.2) is 0 Å². The molecule has 170 valence electrons. The zero-order chi connectivity index (χ0) is 23.2. The summed E-state index contributed by atoms with van der Waals surface area (Å²) in [5, 5.41) is 7.64. The molecule has 6 nitrogen and oxygen atoms in total. The van der Waals surface area contributed by atoms with Crippen molar-refractivity contribution in [3.05, 3.63) is 83.2 Å². The molecule has 0 saturated carbocycles. The Kier molecular flexibility index (Phi) is 5.31. The molecule has 3 aromatic rings. The predicted molar refractivity (Wildman–Crippen MR) is 128 cm³/mol.